The van der Waals surface area contributed by atoms with Gasteiger partial charge in [-0.2, -0.15) is 0 Å². The van der Waals surface area contributed by atoms with Gasteiger partial charge in [0.05, 0.1) is 5.69 Å². The lowest BCUT2D eigenvalue weighted by Crippen LogP contribution is -2.29. The van der Waals surface area contributed by atoms with E-state index in [2.05, 4.69) is 64.2 Å². The summed E-state index contributed by atoms with van der Waals surface area (Å²) in [7, 11) is 0. The summed E-state index contributed by atoms with van der Waals surface area (Å²) in [4.78, 5) is 9.74. The maximum Gasteiger partial charge on any atom is 0.130 e. The summed E-state index contributed by atoms with van der Waals surface area (Å²) in [5, 5.41) is 3.52. The third-order valence-corrected chi connectivity index (χ3v) is 3.93. The average Bonchev–Trinajstić information content (AvgIpc) is 2.63. The van der Waals surface area contributed by atoms with Crippen molar-refractivity contribution in [3.8, 4) is 0 Å². The van der Waals surface area contributed by atoms with Gasteiger partial charge in [-0.3, -0.25) is 9.98 Å². The first-order valence-electron chi connectivity index (χ1n) is 9.45. The highest BCUT2D eigenvalue weighted by atomic mass is 15.0. The number of hydrogen-bond acceptors (Lipinski definition) is 2. The maximum atomic E-state index is 4.90. The Labute approximate surface area is 158 Å². The summed E-state index contributed by atoms with van der Waals surface area (Å²) >= 11 is 0. The Balaban J connectivity index is 2.39. The second-order valence-electron chi connectivity index (χ2n) is 7.44. The molecule has 2 rings (SSSR count). The predicted molar refractivity (Wildman–Crippen MR) is 114 cm³/mol. The Morgan fingerprint density at radius 3 is 2.19 bits per heavy atom. The molecule has 0 bridgehead atoms. The Kier molecular flexibility index (Phi) is 7.58. The number of benzene rings is 2. The molecule has 1 N–H and O–H groups in total. The fourth-order valence-corrected chi connectivity index (χ4v) is 2.51. The van der Waals surface area contributed by atoms with Gasteiger partial charge in [0.2, 0.25) is 0 Å². The lowest BCUT2D eigenvalue weighted by molar-refractivity contribution is 0.618. The molecule has 3 nitrogen and oxygen atoms in total. The number of rotatable bonds is 7. The molecule has 138 valence electrons. The van der Waals surface area contributed by atoms with Crippen LogP contribution < -0.4 is 5.32 Å². The quantitative estimate of drug-likeness (QED) is 0.522. The van der Waals surface area contributed by atoms with Gasteiger partial charge >= 0.3 is 0 Å². The summed E-state index contributed by atoms with van der Waals surface area (Å²) in [6.45, 7) is 12.5. The van der Waals surface area contributed by atoms with E-state index in [-0.39, 0.29) is 0 Å². The minimum Gasteiger partial charge on any atom is -0.370 e. The second-order valence-corrected chi connectivity index (χ2v) is 7.44. The first-order valence-corrected chi connectivity index (χ1v) is 9.45. The molecule has 26 heavy (non-hydrogen) atoms. The molecule has 0 amide bonds. The molecular formula is C23H31N3. The van der Waals surface area contributed by atoms with Gasteiger partial charge in [0, 0.05) is 24.4 Å². The SMILES string of the molecule is CC(=Nc1ccccc1C(=NCC(C)C)NCC(C)C)c1ccccc1. The van der Waals surface area contributed by atoms with Crippen LogP contribution in [-0.4, -0.2) is 24.6 Å². The molecule has 3 heteroatoms. The van der Waals surface area contributed by atoms with Crippen LogP contribution in [0.4, 0.5) is 5.69 Å². The highest BCUT2D eigenvalue weighted by molar-refractivity contribution is 6.06. The van der Waals surface area contributed by atoms with Crippen molar-refractivity contribution >= 4 is 17.2 Å². The Hall–Kier alpha value is -2.42. The van der Waals surface area contributed by atoms with Crippen molar-refractivity contribution < 1.29 is 0 Å². The molecule has 0 atom stereocenters. The van der Waals surface area contributed by atoms with E-state index in [9.17, 15) is 0 Å². The van der Waals surface area contributed by atoms with Crippen molar-refractivity contribution in [1.29, 1.82) is 0 Å². The van der Waals surface area contributed by atoms with E-state index >= 15 is 0 Å². The average molecular weight is 350 g/mol. The van der Waals surface area contributed by atoms with Crippen molar-refractivity contribution in [2.75, 3.05) is 13.1 Å². The number of para-hydroxylation sites is 1. The van der Waals surface area contributed by atoms with E-state index in [1.807, 2.05) is 30.3 Å². The van der Waals surface area contributed by atoms with Gasteiger partial charge in [-0.05, 0) is 36.5 Å². The van der Waals surface area contributed by atoms with Crippen molar-refractivity contribution in [3.63, 3.8) is 0 Å². The smallest absolute Gasteiger partial charge is 0.130 e. The van der Waals surface area contributed by atoms with Crippen LogP contribution in [0.25, 0.3) is 0 Å². The topological polar surface area (TPSA) is 36.8 Å². The normalized spacial score (nSPS) is 12.7. The summed E-state index contributed by atoms with van der Waals surface area (Å²) < 4.78 is 0. The van der Waals surface area contributed by atoms with Gasteiger partial charge in [-0.25, -0.2) is 0 Å². The van der Waals surface area contributed by atoms with Crippen molar-refractivity contribution in [3.05, 3.63) is 65.7 Å². The van der Waals surface area contributed by atoms with Crippen LogP contribution >= 0.6 is 0 Å². The van der Waals surface area contributed by atoms with E-state index in [1.54, 1.807) is 0 Å². The summed E-state index contributed by atoms with van der Waals surface area (Å²) in [5.41, 5.74) is 4.15. The second kappa shape index (κ2) is 9.91. The lowest BCUT2D eigenvalue weighted by Gasteiger charge is -2.15. The number of hydrogen-bond donors (Lipinski definition) is 1. The molecule has 0 aliphatic heterocycles. The van der Waals surface area contributed by atoms with Gasteiger partial charge in [0.25, 0.3) is 0 Å². The number of nitrogens with one attached hydrogen (secondary N) is 1. The monoisotopic (exact) mass is 349 g/mol. The molecular weight excluding hydrogens is 318 g/mol. The van der Waals surface area contributed by atoms with Crippen LogP contribution in [0.15, 0.2) is 64.6 Å². The summed E-state index contributed by atoms with van der Waals surface area (Å²) in [5.74, 6) is 2.01. The molecule has 0 radical (unpaired) electrons. The van der Waals surface area contributed by atoms with Gasteiger partial charge < -0.3 is 5.32 Å². The molecule has 0 aliphatic rings. The Morgan fingerprint density at radius 2 is 1.54 bits per heavy atom. The highest BCUT2D eigenvalue weighted by Gasteiger charge is 2.10. The molecule has 0 unspecified atom stereocenters. The third-order valence-electron chi connectivity index (χ3n) is 3.93. The maximum absolute atomic E-state index is 4.90. The van der Waals surface area contributed by atoms with Gasteiger partial charge in [-0.1, -0.05) is 70.2 Å². The molecule has 0 aliphatic carbocycles. The number of amidine groups is 1. The van der Waals surface area contributed by atoms with E-state index < -0.39 is 0 Å². The first kappa shape index (κ1) is 19.9. The molecule has 0 fully saturated rings. The van der Waals surface area contributed by atoms with Gasteiger partial charge in [0.15, 0.2) is 0 Å². The van der Waals surface area contributed by atoms with E-state index in [0.717, 1.165) is 41.5 Å². The van der Waals surface area contributed by atoms with E-state index in [1.165, 1.54) is 0 Å². The van der Waals surface area contributed by atoms with Crippen LogP contribution in [0.1, 0.15) is 45.7 Å². The van der Waals surface area contributed by atoms with Crippen LogP contribution in [0.2, 0.25) is 0 Å². The number of nitrogens with zero attached hydrogens (tertiary/aromatic N) is 2. The molecule has 0 saturated carbocycles. The van der Waals surface area contributed by atoms with Crippen molar-refractivity contribution in [1.82, 2.24) is 5.32 Å². The van der Waals surface area contributed by atoms with E-state index in [0.29, 0.717) is 11.8 Å². The molecule has 0 heterocycles. The van der Waals surface area contributed by atoms with Crippen LogP contribution in [0, 0.1) is 11.8 Å². The zero-order valence-corrected chi connectivity index (χ0v) is 16.7. The van der Waals surface area contributed by atoms with Crippen molar-refractivity contribution in [2.24, 2.45) is 21.8 Å². The van der Waals surface area contributed by atoms with E-state index in [4.69, 9.17) is 9.98 Å². The predicted octanol–water partition coefficient (Wildman–Crippen LogP) is 5.48. The zero-order valence-electron chi connectivity index (χ0n) is 16.7. The molecule has 2 aromatic carbocycles. The van der Waals surface area contributed by atoms with Crippen LogP contribution in [0.3, 0.4) is 0 Å². The fraction of sp³-hybridized carbons (Fsp3) is 0.391. The van der Waals surface area contributed by atoms with Crippen molar-refractivity contribution in [2.45, 2.75) is 34.6 Å². The fourth-order valence-electron chi connectivity index (χ4n) is 2.51. The lowest BCUT2D eigenvalue weighted by atomic mass is 10.1. The molecule has 0 spiro atoms. The molecule has 0 saturated heterocycles. The van der Waals surface area contributed by atoms with Crippen LogP contribution in [-0.2, 0) is 0 Å². The Morgan fingerprint density at radius 1 is 0.885 bits per heavy atom. The minimum absolute atomic E-state index is 0.521. The largest absolute Gasteiger partial charge is 0.370 e. The summed E-state index contributed by atoms with van der Waals surface area (Å²) in [6.07, 6.45) is 0. The standard InChI is InChI=1S/C23H31N3/c1-17(2)15-24-23(25-16-18(3)4)21-13-9-10-14-22(21)26-19(5)20-11-7-6-8-12-20/h6-14,17-18H,15-16H2,1-5H3,(H,24,25). The minimum atomic E-state index is 0.521. The Bertz CT molecular complexity index is 743. The highest BCUT2D eigenvalue weighted by Crippen LogP contribution is 2.21. The third kappa shape index (κ3) is 6.14. The number of aliphatic imine (C=N–C) groups is 2. The molecule has 2 aromatic rings. The zero-order chi connectivity index (χ0) is 18.9. The summed E-state index contributed by atoms with van der Waals surface area (Å²) in [6, 6.07) is 18.5. The van der Waals surface area contributed by atoms with Gasteiger partial charge in [-0.15, -0.1) is 0 Å². The molecule has 0 aromatic heterocycles. The van der Waals surface area contributed by atoms with Crippen LogP contribution in [0.5, 0.6) is 0 Å². The van der Waals surface area contributed by atoms with Gasteiger partial charge in [0.1, 0.15) is 5.84 Å². The first-order chi connectivity index (χ1) is 12.5.